The SMILES string of the molecule is CCC(NCC(CO)Cc1ccccc1C)c1ccc(F)cc1. The maximum Gasteiger partial charge on any atom is 0.123 e. The predicted molar refractivity (Wildman–Crippen MR) is 92.9 cm³/mol. The average Bonchev–Trinajstić information content (AvgIpc) is 2.57. The predicted octanol–water partition coefficient (Wildman–Crippen LogP) is 4.03. The Morgan fingerprint density at radius 1 is 1.09 bits per heavy atom. The van der Waals surface area contributed by atoms with Crippen LogP contribution in [0.25, 0.3) is 0 Å². The molecule has 2 unspecified atom stereocenters. The van der Waals surface area contributed by atoms with Crippen LogP contribution in [0.4, 0.5) is 4.39 Å². The third kappa shape index (κ3) is 5.15. The highest BCUT2D eigenvalue weighted by molar-refractivity contribution is 5.26. The van der Waals surface area contributed by atoms with E-state index in [9.17, 15) is 9.50 Å². The molecule has 0 spiro atoms. The second-order valence-corrected chi connectivity index (χ2v) is 6.10. The molecular formula is C20H26FNO. The van der Waals surface area contributed by atoms with Crippen LogP contribution in [-0.4, -0.2) is 18.3 Å². The minimum Gasteiger partial charge on any atom is -0.396 e. The highest BCUT2D eigenvalue weighted by Gasteiger charge is 2.14. The highest BCUT2D eigenvalue weighted by atomic mass is 19.1. The number of hydrogen-bond acceptors (Lipinski definition) is 2. The number of aliphatic hydroxyl groups is 1. The first-order valence-corrected chi connectivity index (χ1v) is 8.28. The van der Waals surface area contributed by atoms with Gasteiger partial charge in [0.1, 0.15) is 5.82 Å². The fourth-order valence-electron chi connectivity index (χ4n) is 2.85. The van der Waals surface area contributed by atoms with Crippen molar-refractivity contribution in [2.24, 2.45) is 5.92 Å². The Morgan fingerprint density at radius 2 is 1.78 bits per heavy atom. The molecular weight excluding hydrogens is 289 g/mol. The first-order chi connectivity index (χ1) is 11.1. The molecule has 2 atom stereocenters. The summed E-state index contributed by atoms with van der Waals surface area (Å²) in [6, 6.07) is 15.1. The van der Waals surface area contributed by atoms with Crippen molar-refractivity contribution in [3.63, 3.8) is 0 Å². The zero-order valence-electron chi connectivity index (χ0n) is 13.9. The van der Waals surface area contributed by atoms with Crippen molar-refractivity contribution >= 4 is 0 Å². The van der Waals surface area contributed by atoms with E-state index >= 15 is 0 Å². The Morgan fingerprint density at radius 3 is 2.39 bits per heavy atom. The summed E-state index contributed by atoms with van der Waals surface area (Å²) >= 11 is 0. The van der Waals surface area contributed by atoms with E-state index in [1.807, 2.05) is 24.3 Å². The van der Waals surface area contributed by atoms with Crippen LogP contribution in [0, 0.1) is 18.7 Å². The van der Waals surface area contributed by atoms with E-state index in [0.717, 1.165) is 24.9 Å². The summed E-state index contributed by atoms with van der Waals surface area (Å²) < 4.78 is 13.0. The summed E-state index contributed by atoms with van der Waals surface area (Å²) in [5.74, 6) is -0.0398. The molecule has 0 saturated heterocycles. The molecule has 0 aliphatic heterocycles. The standard InChI is InChI=1S/C20H26FNO/c1-3-20(17-8-10-19(21)11-9-17)22-13-16(14-23)12-18-7-5-4-6-15(18)2/h4-11,16,20,22-23H,3,12-14H2,1-2H3. The van der Waals surface area contributed by atoms with Gasteiger partial charge in [-0.15, -0.1) is 0 Å². The fourth-order valence-corrected chi connectivity index (χ4v) is 2.85. The van der Waals surface area contributed by atoms with E-state index in [1.54, 1.807) is 0 Å². The van der Waals surface area contributed by atoms with Gasteiger partial charge in [0.05, 0.1) is 0 Å². The molecule has 0 radical (unpaired) electrons. The lowest BCUT2D eigenvalue weighted by Gasteiger charge is -2.22. The Labute approximate surface area is 138 Å². The number of nitrogens with one attached hydrogen (secondary N) is 1. The Hall–Kier alpha value is -1.71. The van der Waals surface area contributed by atoms with Crippen LogP contribution in [0.1, 0.15) is 36.1 Å². The lowest BCUT2D eigenvalue weighted by Crippen LogP contribution is -2.30. The number of halogens is 1. The molecule has 0 aliphatic carbocycles. The van der Waals surface area contributed by atoms with Crippen molar-refractivity contribution < 1.29 is 9.50 Å². The summed E-state index contributed by atoms with van der Waals surface area (Å²) in [5.41, 5.74) is 3.63. The van der Waals surface area contributed by atoms with Gasteiger partial charge < -0.3 is 10.4 Å². The second-order valence-electron chi connectivity index (χ2n) is 6.10. The van der Waals surface area contributed by atoms with Gasteiger partial charge in [-0.1, -0.05) is 43.3 Å². The molecule has 0 fully saturated rings. The number of benzene rings is 2. The van der Waals surface area contributed by atoms with Crippen molar-refractivity contribution in [2.75, 3.05) is 13.2 Å². The van der Waals surface area contributed by atoms with Crippen LogP contribution < -0.4 is 5.32 Å². The summed E-state index contributed by atoms with van der Waals surface area (Å²) in [7, 11) is 0. The lowest BCUT2D eigenvalue weighted by molar-refractivity contribution is 0.217. The Kier molecular flexibility index (Phi) is 6.75. The average molecular weight is 315 g/mol. The summed E-state index contributed by atoms with van der Waals surface area (Å²) in [4.78, 5) is 0. The smallest absolute Gasteiger partial charge is 0.123 e. The molecule has 2 aromatic rings. The maximum absolute atomic E-state index is 13.0. The molecule has 0 aliphatic rings. The summed E-state index contributed by atoms with van der Waals surface area (Å²) in [5, 5.41) is 13.2. The first-order valence-electron chi connectivity index (χ1n) is 8.28. The van der Waals surface area contributed by atoms with Gasteiger partial charge in [-0.05, 0) is 54.5 Å². The van der Waals surface area contributed by atoms with Crippen LogP contribution in [-0.2, 0) is 6.42 Å². The number of hydrogen-bond donors (Lipinski definition) is 2. The summed E-state index contributed by atoms with van der Waals surface area (Å²) in [6.45, 7) is 5.10. The maximum atomic E-state index is 13.0. The van der Waals surface area contributed by atoms with E-state index in [2.05, 4.69) is 31.3 Å². The molecule has 3 heteroatoms. The van der Waals surface area contributed by atoms with Gasteiger partial charge in [-0.3, -0.25) is 0 Å². The molecule has 0 heterocycles. The third-order valence-electron chi connectivity index (χ3n) is 4.36. The largest absolute Gasteiger partial charge is 0.396 e. The van der Waals surface area contributed by atoms with Crippen LogP contribution in [0.5, 0.6) is 0 Å². The molecule has 2 aromatic carbocycles. The zero-order valence-corrected chi connectivity index (χ0v) is 13.9. The third-order valence-corrected chi connectivity index (χ3v) is 4.36. The minimum atomic E-state index is -0.212. The van der Waals surface area contributed by atoms with E-state index in [4.69, 9.17) is 0 Å². The lowest BCUT2D eigenvalue weighted by atomic mass is 9.95. The molecule has 2 nitrogen and oxygen atoms in total. The van der Waals surface area contributed by atoms with Crippen LogP contribution in [0.3, 0.4) is 0 Å². The number of aliphatic hydroxyl groups excluding tert-OH is 1. The van der Waals surface area contributed by atoms with Crippen molar-refractivity contribution in [3.05, 3.63) is 71.0 Å². The topological polar surface area (TPSA) is 32.3 Å². The molecule has 0 amide bonds. The van der Waals surface area contributed by atoms with Gasteiger partial charge in [-0.25, -0.2) is 4.39 Å². The summed E-state index contributed by atoms with van der Waals surface area (Å²) in [6.07, 6.45) is 1.78. The van der Waals surface area contributed by atoms with Crippen molar-refractivity contribution in [1.29, 1.82) is 0 Å². The van der Waals surface area contributed by atoms with Crippen LogP contribution in [0.15, 0.2) is 48.5 Å². The number of aryl methyl sites for hydroxylation is 1. The van der Waals surface area contributed by atoms with Gasteiger partial charge >= 0.3 is 0 Å². The minimum absolute atomic E-state index is 0.154. The second kappa shape index (κ2) is 8.80. The van der Waals surface area contributed by atoms with Gasteiger partial charge in [0.2, 0.25) is 0 Å². The van der Waals surface area contributed by atoms with E-state index in [0.29, 0.717) is 0 Å². The van der Waals surface area contributed by atoms with E-state index in [-0.39, 0.29) is 24.4 Å². The molecule has 0 bridgehead atoms. The van der Waals surface area contributed by atoms with Crippen molar-refractivity contribution in [2.45, 2.75) is 32.7 Å². The Bertz CT molecular complexity index is 597. The molecule has 0 aromatic heterocycles. The molecule has 2 N–H and O–H groups in total. The highest BCUT2D eigenvalue weighted by Crippen LogP contribution is 2.18. The van der Waals surface area contributed by atoms with Crippen LogP contribution >= 0.6 is 0 Å². The molecule has 124 valence electrons. The van der Waals surface area contributed by atoms with Gasteiger partial charge in [0.25, 0.3) is 0 Å². The number of rotatable bonds is 8. The molecule has 2 rings (SSSR count). The van der Waals surface area contributed by atoms with Gasteiger partial charge in [-0.2, -0.15) is 0 Å². The van der Waals surface area contributed by atoms with E-state index < -0.39 is 0 Å². The van der Waals surface area contributed by atoms with Gasteiger partial charge in [0, 0.05) is 19.2 Å². The quantitative estimate of drug-likeness (QED) is 0.771. The first kappa shape index (κ1) is 17.6. The zero-order chi connectivity index (χ0) is 16.7. The monoisotopic (exact) mass is 315 g/mol. The van der Waals surface area contributed by atoms with E-state index in [1.165, 1.54) is 23.3 Å². The Balaban J connectivity index is 1.95. The van der Waals surface area contributed by atoms with Crippen LogP contribution in [0.2, 0.25) is 0 Å². The van der Waals surface area contributed by atoms with Crippen molar-refractivity contribution in [3.8, 4) is 0 Å². The fraction of sp³-hybridized carbons (Fsp3) is 0.400. The molecule has 0 saturated carbocycles. The normalized spacial score (nSPS) is 13.7. The molecule has 23 heavy (non-hydrogen) atoms. The van der Waals surface area contributed by atoms with Crippen molar-refractivity contribution in [1.82, 2.24) is 5.32 Å². The van der Waals surface area contributed by atoms with Gasteiger partial charge in [0.15, 0.2) is 0 Å².